The average molecular weight is 290 g/mol. The van der Waals surface area contributed by atoms with Crippen molar-refractivity contribution in [2.75, 3.05) is 18.0 Å². The minimum atomic E-state index is -0.975. The van der Waals surface area contributed by atoms with Gasteiger partial charge in [0.25, 0.3) is 0 Å². The predicted molar refractivity (Wildman–Crippen MR) is 79.3 cm³/mol. The highest BCUT2D eigenvalue weighted by Gasteiger charge is 2.24. The van der Waals surface area contributed by atoms with Crippen LogP contribution in [0.2, 0.25) is 0 Å². The van der Waals surface area contributed by atoms with Gasteiger partial charge in [0, 0.05) is 44.1 Å². The first-order valence-electron chi connectivity index (χ1n) is 7.09. The lowest BCUT2D eigenvalue weighted by atomic mass is 10.1. The second-order valence-corrected chi connectivity index (χ2v) is 5.37. The van der Waals surface area contributed by atoms with E-state index in [1.165, 1.54) is 0 Å². The molecule has 1 fully saturated rings. The molecule has 1 aliphatic heterocycles. The quantitative estimate of drug-likeness (QED) is 0.839. The number of hydrogen-bond donors (Lipinski definition) is 1. The summed E-state index contributed by atoms with van der Waals surface area (Å²) in [5.41, 5.74) is 0.903. The molecular formula is C15H20N3O3. The Bertz CT molecular complexity index is 492. The SMILES string of the molecule is CC(C)C(ON=C1CCN(c2cc[c]cn2)CC1)C(=O)O. The zero-order valence-electron chi connectivity index (χ0n) is 12.3. The molecule has 1 atom stereocenters. The Kier molecular flexibility index (Phi) is 5.14. The van der Waals surface area contributed by atoms with Crippen LogP contribution in [0.25, 0.3) is 0 Å². The molecule has 21 heavy (non-hydrogen) atoms. The number of rotatable bonds is 5. The lowest BCUT2D eigenvalue weighted by Gasteiger charge is -2.28. The molecule has 2 heterocycles. The van der Waals surface area contributed by atoms with Crippen molar-refractivity contribution in [2.45, 2.75) is 32.8 Å². The van der Waals surface area contributed by atoms with Crippen molar-refractivity contribution in [1.82, 2.24) is 4.98 Å². The third kappa shape index (κ3) is 4.18. The Morgan fingerprint density at radius 1 is 1.48 bits per heavy atom. The van der Waals surface area contributed by atoms with Gasteiger partial charge in [-0.05, 0) is 12.1 Å². The number of carboxylic acids is 1. The van der Waals surface area contributed by atoms with Gasteiger partial charge in [-0.1, -0.05) is 19.0 Å². The number of carboxylic acid groups (broad SMARTS) is 1. The molecule has 0 aliphatic carbocycles. The van der Waals surface area contributed by atoms with Crippen molar-refractivity contribution >= 4 is 17.5 Å². The number of aromatic nitrogens is 1. The van der Waals surface area contributed by atoms with Crippen LogP contribution in [0.15, 0.2) is 23.5 Å². The van der Waals surface area contributed by atoms with Crippen molar-refractivity contribution in [3.05, 3.63) is 24.4 Å². The third-order valence-corrected chi connectivity index (χ3v) is 3.41. The summed E-state index contributed by atoms with van der Waals surface area (Å²) in [7, 11) is 0. The normalized spacial score (nSPS) is 16.7. The molecule has 1 radical (unpaired) electrons. The molecular weight excluding hydrogens is 270 g/mol. The van der Waals surface area contributed by atoms with Gasteiger partial charge < -0.3 is 14.8 Å². The first-order chi connectivity index (χ1) is 10.1. The Balaban J connectivity index is 1.89. The lowest BCUT2D eigenvalue weighted by molar-refractivity contribution is -0.153. The molecule has 6 nitrogen and oxygen atoms in total. The van der Waals surface area contributed by atoms with Crippen LogP contribution in [-0.4, -0.2) is 41.0 Å². The summed E-state index contributed by atoms with van der Waals surface area (Å²) in [5.74, 6) is -0.160. The maximum Gasteiger partial charge on any atom is 0.348 e. The van der Waals surface area contributed by atoms with E-state index in [9.17, 15) is 4.79 Å². The summed E-state index contributed by atoms with van der Waals surface area (Å²) < 4.78 is 0. The fourth-order valence-corrected chi connectivity index (χ4v) is 2.17. The van der Waals surface area contributed by atoms with Gasteiger partial charge in [-0.15, -0.1) is 0 Å². The van der Waals surface area contributed by atoms with Crippen LogP contribution in [-0.2, 0) is 9.63 Å². The van der Waals surface area contributed by atoms with E-state index in [0.29, 0.717) is 0 Å². The van der Waals surface area contributed by atoms with Crippen LogP contribution in [0.4, 0.5) is 5.82 Å². The maximum absolute atomic E-state index is 11.0. The molecule has 0 bridgehead atoms. The van der Waals surface area contributed by atoms with Crippen LogP contribution in [0.3, 0.4) is 0 Å². The molecule has 2 rings (SSSR count). The first kappa shape index (κ1) is 15.3. The van der Waals surface area contributed by atoms with Gasteiger partial charge in [0.2, 0.25) is 6.10 Å². The highest BCUT2D eigenvalue weighted by molar-refractivity contribution is 5.86. The molecule has 1 N–H and O–H groups in total. The van der Waals surface area contributed by atoms with E-state index in [2.05, 4.69) is 21.1 Å². The van der Waals surface area contributed by atoms with Crippen molar-refractivity contribution in [1.29, 1.82) is 0 Å². The second-order valence-electron chi connectivity index (χ2n) is 5.37. The van der Waals surface area contributed by atoms with E-state index >= 15 is 0 Å². The van der Waals surface area contributed by atoms with Crippen molar-refractivity contribution < 1.29 is 14.7 Å². The summed E-state index contributed by atoms with van der Waals surface area (Å²) in [5, 5.41) is 13.1. The molecule has 1 unspecified atom stereocenters. The van der Waals surface area contributed by atoms with E-state index in [1.54, 1.807) is 20.0 Å². The average Bonchev–Trinajstić information content (AvgIpc) is 2.48. The van der Waals surface area contributed by atoms with Gasteiger partial charge in [-0.3, -0.25) is 0 Å². The number of oxime groups is 1. The zero-order chi connectivity index (χ0) is 15.2. The van der Waals surface area contributed by atoms with Gasteiger partial charge in [-0.25, -0.2) is 9.78 Å². The lowest BCUT2D eigenvalue weighted by Crippen LogP contribution is -2.35. The molecule has 0 aromatic carbocycles. The van der Waals surface area contributed by atoms with Crippen LogP contribution in [0.5, 0.6) is 0 Å². The fourth-order valence-electron chi connectivity index (χ4n) is 2.17. The summed E-state index contributed by atoms with van der Waals surface area (Å²) in [6.07, 6.45) is 2.28. The van der Waals surface area contributed by atoms with E-state index in [4.69, 9.17) is 9.94 Å². The number of anilines is 1. The highest BCUT2D eigenvalue weighted by atomic mass is 16.6. The number of pyridine rings is 1. The summed E-state index contributed by atoms with van der Waals surface area (Å²) in [4.78, 5) is 22.7. The van der Waals surface area contributed by atoms with E-state index in [0.717, 1.165) is 37.5 Å². The predicted octanol–water partition coefficient (Wildman–Crippen LogP) is 1.96. The molecule has 1 aliphatic rings. The van der Waals surface area contributed by atoms with Gasteiger partial charge >= 0.3 is 5.97 Å². The van der Waals surface area contributed by atoms with Crippen LogP contribution >= 0.6 is 0 Å². The highest BCUT2D eigenvalue weighted by Crippen LogP contribution is 2.16. The van der Waals surface area contributed by atoms with Gasteiger partial charge in [0.1, 0.15) is 5.82 Å². The molecule has 0 saturated carbocycles. The maximum atomic E-state index is 11.0. The molecule has 0 spiro atoms. The molecule has 0 amide bonds. The molecule has 113 valence electrons. The Morgan fingerprint density at radius 2 is 2.19 bits per heavy atom. The van der Waals surface area contributed by atoms with Crippen LogP contribution in [0, 0.1) is 12.0 Å². The molecule has 1 aromatic rings. The standard InChI is InChI=1S/C15H20N3O3/c1-11(2)14(15(19)20)21-17-12-6-9-18(10-7-12)13-5-3-4-8-16-13/h3,5,8,11,14H,6-7,9-10H2,1-2H3,(H,19,20). The smallest absolute Gasteiger partial charge is 0.348 e. The van der Waals surface area contributed by atoms with Crippen molar-refractivity contribution in [3.8, 4) is 0 Å². The van der Waals surface area contributed by atoms with Crippen LogP contribution in [0.1, 0.15) is 26.7 Å². The van der Waals surface area contributed by atoms with E-state index in [1.807, 2.05) is 12.1 Å². The van der Waals surface area contributed by atoms with E-state index in [-0.39, 0.29) is 5.92 Å². The summed E-state index contributed by atoms with van der Waals surface area (Å²) in [6, 6.07) is 6.67. The van der Waals surface area contributed by atoms with Crippen molar-refractivity contribution in [3.63, 3.8) is 0 Å². The Labute approximate surface area is 124 Å². The summed E-state index contributed by atoms with van der Waals surface area (Å²) in [6.45, 7) is 5.22. The number of hydrogen-bond acceptors (Lipinski definition) is 5. The largest absolute Gasteiger partial charge is 0.478 e. The number of nitrogens with zero attached hydrogens (tertiary/aromatic N) is 3. The molecule has 1 aromatic heterocycles. The number of carbonyl (C=O) groups is 1. The summed E-state index contributed by atoms with van der Waals surface area (Å²) >= 11 is 0. The zero-order valence-corrected chi connectivity index (χ0v) is 12.3. The monoisotopic (exact) mass is 290 g/mol. The minimum absolute atomic E-state index is 0.114. The topological polar surface area (TPSA) is 75.0 Å². The number of aliphatic carboxylic acids is 1. The first-order valence-corrected chi connectivity index (χ1v) is 7.09. The number of piperidine rings is 1. The Morgan fingerprint density at radius 3 is 2.71 bits per heavy atom. The molecule has 1 saturated heterocycles. The van der Waals surface area contributed by atoms with Crippen LogP contribution < -0.4 is 4.90 Å². The Hall–Kier alpha value is -2.11. The minimum Gasteiger partial charge on any atom is -0.478 e. The van der Waals surface area contributed by atoms with Gasteiger partial charge in [0.15, 0.2) is 0 Å². The van der Waals surface area contributed by atoms with Gasteiger partial charge in [-0.2, -0.15) is 0 Å². The van der Waals surface area contributed by atoms with Gasteiger partial charge in [0.05, 0.1) is 5.71 Å². The van der Waals surface area contributed by atoms with E-state index < -0.39 is 12.1 Å². The van der Waals surface area contributed by atoms with Crippen molar-refractivity contribution in [2.24, 2.45) is 11.1 Å². The molecule has 6 heteroatoms. The fraction of sp³-hybridized carbons (Fsp3) is 0.533. The third-order valence-electron chi connectivity index (χ3n) is 3.41. The second kappa shape index (κ2) is 7.06.